The summed E-state index contributed by atoms with van der Waals surface area (Å²) in [5, 5.41) is 12.6. The lowest BCUT2D eigenvalue weighted by Gasteiger charge is -2.32. The maximum absolute atomic E-state index is 13.0. The topological polar surface area (TPSA) is 87.5 Å². The van der Waals surface area contributed by atoms with Gasteiger partial charge in [-0.05, 0) is 36.8 Å². The van der Waals surface area contributed by atoms with Crippen LogP contribution in [0.2, 0.25) is 0 Å². The second kappa shape index (κ2) is 10.0. The number of carbonyl (C=O) groups excluding carboxylic acids is 1. The lowest BCUT2D eigenvalue weighted by Crippen LogP contribution is -2.44. The van der Waals surface area contributed by atoms with Gasteiger partial charge in [0.15, 0.2) is 0 Å². The first-order chi connectivity index (χ1) is 15.1. The van der Waals surface area contributed by atoms with Gasteiger partial charge in [-0.25, -0.2) is 9.78 Å². The molecule has 0 aromatic carbocycles. The molecule has 1 amide bonds. The molecule has 3 heterocycles. The molecule has 7 nitrogen and oxygen atoms in total. The molecule has 176 valence electrons. The van der Waals surface area contributed by atoms with E-state index in [4.69, 9.17) is 9.90 Å². The zero-order valence-corrected chi connectivity index (χ0v) is 18.8. The summed E-state index contributed by atoms with van der Waals surface area (Å²) in [6.07, 6.45) is 1.47. The minimum atomic E-state index is -5.08. The van der Waals surface area contributed by atoms with Gasteiger partial charge in [-0.2, -0.15) is 13.2 Å². The van der Waals surface area contributed by atoms with E-state index in [9.17, 15) is 18.0 Å². The molecular weight excluding hydrogens is 445 g/mol. The average Bonchev–Trinajstić information content (AvgIpc) is 3.45. The Morgan fingerprint density at radius 3 is 2.53 bits per heavy atom. The van der Waals surface area contributed by atoms with Crippen molar-refractivity contribution in [2.45, 2.75) is 63.8 Å². The molecule has 2 aliphatic rings. The van der Waals surface area contributed by atoms with Crippen LogP contribution in [0.15, 0.2) is 17.8 Å². The number of halogens is 3. The van der Waals surface area contributed by atoms with E-state index in [-0.39, 0.29) is 11.8 Å². The maximum atomic E-state index is 13.0. The number of carboxylic acids is 1. The number of aliphatic carboxylic acids is 1. The van der Waals surface area contributed by atoms with Crippen LogP contribution in [-0.4, -0.2) is 50.2 Å². The smallest absolute Gasteiger partial charge is 0.475 e. The molecular formula is C21H27F3N4O3S. The van der Waals surface area contributed by atoms with Gasteiger partial charge >= 0.3 is 12.1 Å². The van der Waals surface area contributed by atoms with Crippen LogP contribution in [0.5, 0.6) is 0 Å². The molecule has 4 rings (SSSR count). The number of fused-ring (bicyclic) bond motifs is 1. The van der Waals surface area contributed by atoms with Crippen LogP contribution >= 0.6 is 11.3 Å². The largest absolute Gasteiger partial charge is 0.490 e. The van der Waals surface area contributed by atoms with E-state index >= 15 is 0 Å². The summed E-state index contributed by atoms with van der Waals surface area (Å²) in [4.78, 5) is 30.2. The summed E-state index contributed by atoms with van der Waals surface area (Å²) in [5.74, 6) is -2.71. The zero-order chi connectivity index (χ0) is 23.5. The molecule has 1 saturated carbocycles. The first kappa shape index (κ1) is 24.2. The zero-order valence-electron chi connectivity index (χ0n) is 18.0. The van der Waals surface area contributed by atoms with E-state index in [1.165, 1.54) is 23.3 Å². The van der Waals surface area contributed by atoms with Crippen molar-refractivity contribution in [3.8, 4) is 0 Å². The number of hydrogen-bond acceptors (Lipinski definition) is 5. The molecule has 2 aromatic heterocycles. The lowest BCUT2D eigenvalue weighted by atomic mass is 9.96. The molecule has 2 aromatic rings. The van der Waals surface area contributed by atoms with Crippen LogP contribution in [0, 0.1) is 6.92 Å². The van der Waals surface area contributed by atoms with E-state index in [0.29, 0.717) is 6.04 Å². The van der Waals surface area contributed by atoms with Crippen LogP contribution in [0.1, 0.15) is 53.4 Å². The third kappa shape index (κ3) is 5.89. The van der Waals surface area contributed by atoms with Crippen molar-refractivity contribution in [3.63, 3.8) is 0 Å². The van der Waals surface area contributed by atoms with Crippen LogP contribution in [0.3, 0.4) is 0 Å². The normalized spacial score (nSPS) is 19.2. The fourth-order valence-electron chi connectivity index (χ4n) is 4.15. The van der Waals surface area contributed by atoms with Gasteiger partial charge in [-0.3, -0.25) is 9.69 Å². The fraction of sp³-hybridized carbons (Fsp3) is 0.571. The van der Waals surface area contributed by atoms with E-state index in [2.05, 4.69) is 33.6 Å². The predicted octanol–water partition coefficient (Wildman–Crippen LogP) is 3.58. The lowest BCUT2D eigenvalue weighted by molar-refractivity contribution is -0.192. The number of nitrogens with one attached hydrogen (secondary N) is 1. The number of aromatic nitrogens is 2. The van der Waals surface area contributed by atoms with Crippen molar-refractivity contribution in [1.82, 2.24) is 19.8 Å². The number of hydrogen-bond donors (Lipinski definition) is 2. The van der Waals surface area contributed by atoms with Crippen LogP contribution in [0.4, 0.5) is 13.2 Å². The summed E-state index contributed by atoms with van der Waals surface area (Å²) < 4.78 is 33.8. The molecule has 1 aliphatic carbocycles. The highest BCUT2D eigenvalue weighted by molar-refractivity contribution is 7.10. The van der Waals surface area contributed by atoms with Crippen LogP contribution < -0.4 is 5.32 Å². The Hall–Kier alpha value is -2.40. The first-order valence-electron chi connectivity index (χ1n) is 10.4. The Morgan fingerprint density at radius 2 is 1.97 bits per heavy atom. The highest BCUT2D eigenvalue weighted by Gasteiger charge is 2.38. The Bertz CT molecular complexity index is 950. The standard InChI is InChI=1S/C19H26N4OS.C2HF3O2/c1-13-7-8-25-17(13)11-23-9-15(18-16(10-23)20-12-22(18)2)19(24)21-14-5-3-4-6-14;3-2(4,5)1(6)7/h7-8,12,14-15H,3-6,9-11H2,1-2H3,(H,21,24);(H,6,7). The van der Waals surface area contributed by atoms with Crippen LogP contribution in [-0.2, 0) is 29.7 Å². The Balaban J connectivity index is 0.000000360. The fourth-order valence-corrected chi connectivity index (χ4v) is 5.09. The van der Waals surface area contributed by atoms with Crippen molar-refractivity contribution in [3.05, 3.63) is 39.6 Å². The van der Waals surface area contributed by atoms with Crippen molar-refractivity contribution in [2.75, 3.05) is 6.54 Å². The van der Waals surface area contributed by atoms with Gasteiger partial charge in [0.25, 0.3) is 0 Å². The monoisotopic (exact) mass is 472 g/mol. The average molecular weight is 473 g/mol. The highest BCUT2D eigenvalue weighted by Crippen LogP contribution is 2.30. The molecule has 0 saturated heterocycles. The minimum Gasteiger partial charge on any atom is -0.475 e. The van der Waals surface area contributed by atoms with Crippen molar-refractivity contribution in [1.29, 1.82) is 0 Å². The summed E-state index contributed by atoms with van der Waals surface area (Å²) in [6.45, 7) is 4.64. The summed E-state index contributed by atoms with van der Waals surface area (Å²) in [6, 6.07) is 2.53. The van der Waals surface area contributed by atoms with Gasteiger partial charge in [0.2, 0.25) is 5.91 Å². The van der Waals surface area contributed by atoms with Gasteiger partial charge in [-0.1, -0.05) is 12.8 Å². The molecule has 1 aliphatic heterocycles. The third-order valence-corrected chi connectivity index (χ3v) is 6.81. The van der Waals surface area contributed by atoms with Crippen molar-refractivity contribution in [2.24, 2.45) is 7.05 Å². The molecule has 1 atom stereocenters. The van der Waals surface area contributed by atoms with E-state index in [1.807, 2.05) is 17.9 Å². The number of imidazole rings is 1. The number of nitrogens with zero attached hydrogens (tertiary/aromatic N) is 3. The van der Waals surface area contributed by atoms with Gasteiger partial charge in [0.1, 0.15) is 0 Å². The second-order valence-corrected chi connectivity index (χ2v) is 9.23. The molecule has 11 heteroatoms. The molecule has 32 heavy (non-hydrogen) atoms. The first-order valence-corrected chi connectivity index (χ1v) is 11.3. The maximum Gasteiger partial charge on any atom is 0.490 e. The number of carboxylic acid groups (broad SMARTS) is 1. The van der Waals surface area contributed by atoms with Gasteiger partial charge in [0.05, 0.1) is 23.6 Å². The van der Waals surface area contributed by atoms with E-state index in [0.717, 1.165) is 43.9 Å². The molecule has 0 bridgehead atoms. The second-order valence-electron chi connectivity index (χ2n) is 8.23. The Morgan fingerprint density at radius 1 is 1.31 bits per heavy atom. The SMILES string of the molecule is Cc1ccsc1CN1Cc2ncn(C)c2C(C(=O)NC2CCCC2)C1.O=C(O)C(F)(F)F. The summed E-state index contributed by atoms with van der Waals surface area (Å²) >= 11 is 1.80. The molecule has 2 N–H and O–H groups in total. The Labute approximate surface area is 188 Å². The number of amides is 1. The molecule has 0 spiro atoms. The minimum absolute atomic E-state index is 0.128. The number of aryl methyl sites for hydroxylation is 2. The van der Waals surface area contributed by atoms with E-state index in [1.54, 1.807) is 11.3 Å². The third-order valence-electron chi connectivity index (χ3n) is 5.80. The van der Waals surface area contributed by atoms with Gasteiger partial charge < -0.3 is 15.0 Å². The Kier molecular flexibility index (Phi) is 7.60. The number of alkyl halides is 3. The highest BCUT2D eigenvalue weighted by atomic mass is 32.1. The van der Waals surface area contributed by atoms with E-state index < -0.39 is 12.1 Å². The molecule has 1 unspecified atom stereocenters. The number of carbonyl (C=O) groups is 2. The number of thiophene rings is 1. The van der Waals surface area contributed by atoms with Crippen molar-refractivity contribution < 1.29 is 27.9 Å². The summed E-state index contributed by atoms with van der Waals surface area (Å²) in [5.41, 5.74) is 3.48. The predicted molar refractivity (Wildman–Crippen MR) is 113 cm³/mol. The number of rotatable bonds is 4. The summed E-state index contributed by atoms with van der Waals surface area (Å²) in [7, 11) is 2.00. The van der Waals surface area contributed by atoms with Crippen molar-refractivity contribution >= 4 is 23.2 Å². The van der Waals surface area contributed by atoms with Gasteiger partial charge in [0, 0.05) is 37.6 Å². The molecule has 0 radical (unpaired) electrons. The quantitative estimate of drug-likeness (QED) is 0.710. The van der Waals surface area contributed by atoms with Crippen LogP contribution in [0.25, 0.3) is 0 Å². The van der Waals surface area contributed by atoms with Gasteiger partial charge in [-0.15, -0.1) is 11.3 Å². The molecule has 1 fully saturated rings.